The smallest absolute Gasteiger partial charge is 0.239 e. The van der Waals surface area contributed by atoms with E-state index in [2.05, 4.69) is 11.6 Å². The third-order valence-corrected chi connectivity index (χ3v) is 5.02. The average Bonchev–Trinajstić information content (AvgIpc) is 2.62. The highest BCUT2D eigenvalue weighted by Gasteiger charge is 2.33. The second-order valence-electron chi connectivity index (χ2n) is 4.93. The lowest BCUT2D eigenvalue weighted by atomic mass is 9.94. The summed E-state index contributed by atoms with van der Waals surface area (Å²) in [7, 11) is 1.90. The van der Waals surface area contributed by atoms with Crippen LogP contribution in [0, 0.1) is 0 Å². The molecule has 2 aliphatic rings. The summed E-state index contributed by atoms with van der Waals surface area (Å²) in [4.78, 5) is 13.7. The number of carbonyl (C=O) groups is 1. The number of nitrogens with zero attached hydrogens (tertiary/aromatic N) is 1. The topological polar surface area (TPSA) is 32.3 Å². The van der Waals surface area contributed by atoms with Gasteiger partial charge in [-0.15, -0.1) is 0 Å². The minimum absolute atomic E-state index is 0.0859. The first kappa shape index (κ1) is 12.2. The predicted octanol–water partition coefficient (Wildman–Crippen LogP) is 1.48. The predicted molar refractivity (Wildman–Crippen MR) is 68.7 cm³/mol. The average molecular weight is 242 g/mol. The number of thioether (sulfide) groups is 1. The minimum atomic E-state index is 0.0859. The lowest BCUT2D eigenvalue weighted by Gasteiger charge is -2.32. The summed E-state index contributed by atoms with van der Waals surface area (Å²) in [6, 6.07) is 0.631. The quantitative estimate of drug-likeness (QED) is 0.813. The van der Waals surface area contributed by atoms with Crippen molar-refractivity contribution >= 4 is 17.7 Å². The second-order valence-corrected chi connectivity index (χ2v) is 6.01. The highest BCUT2D eigenvalue weighted by Crippen LogP contribution is 2.28. The Morgan fingerprint density at radius 3 is 2.69 bits per heavy atom. The van der Waals surface area contributed by atoms with Crippen molar-refractivity contribution in [3.05, 3.63) is 0 Å². The number of amides is 1. The van der Waals surface area contributed by atoms with Crippen LogP contribution in [0.4, 0.5) is 0 Å². The zero-order valence-electron chi connectivity index (χ0n) is 10.2. The van der Waals surface area contributed by atoms with Gasteiger partial charge >= 0.3 is 0 Å². The Morgan fingerprint density at radius 1 is 1.31 bits per heavy atom. The van der Waals surface area contributed by atoms with Gasteiger partial charge in [0.1, 0.15) is 0 Å². The maximum atomic E-state index is 11.8. The molecule has 3 atom stereocenters. The monoisotopic (exact) mass is 242 g/mol. The molecule has 1 N–H and O–H groups in total. The lowest BCUT2D eigenvalue weighted by molar-refractivity contribution is -0.128. The van der Waals surface area contributed by atoms with E-state index in [0.717, 1.165) is 13.0 Å². The number of hydrogen-bond donors (Lipinski definition) is 1. The van der Waals surface area contributed by atoms with Gasteiger partial charge in [-0.3, -0.25) is 4.79 Å². The number of nitrogens with one attached hydrogen (secondary N) is 1. The van der Waals surface area contributed by atoms with Gasteiger partial charge in [0.05, 0.1) is 6.04 Å². The maximum Gasteiger partial charge on any atom is 0.239 e. The van der Waals surface area contributed by atoms with Crippen LogP contribution in [0.15, 0.2) is 0 Å². The molecule has 0 aromatic heterocycles. The molecule has 16 heavy (non-hydrogen) atoms. The Balaban J connectivity index is 1.90. The molecule has 3 unspecified atom stereocenters. The van der Waals surface area contributed by atoms with Crippen molar-refractivity contribution in [2.75, 3.05) is 19.8 Å². The molecule has 2 rings (SSSR count). The molecule has 3 nitrogen and oxygen atoms in total. The van der Waals surface area contributed by atoms with Crippen LogP contribution in [0.3, 0.4) is 0 Å². The molecular formula is C12H22N2OS. The number of likely N-dealkylation sites (tertiary alicyclic amines) is 1. The molecule has 1 amide bonds. The molecule has 1 saturated carbocycles. The molecule has 1 heterocycles. The zero-order valence-corrected chi connectivity index (χ0v) is 11.1. The fourth-order valence-electron chi connectivity index (χ4n) is 2.81. The Kier molecular flexibility index (Phi) is 4.14. The van der Waals surface area contributed by atoms with E-state index < -0.39 is 0 Å². The van der Waals surface area contributed by atoms with E-state index in [0.29, 0.717) is 11.3 Å². The summed E-state index contributed by atoms with van der Waals surface area (Å²) >= 11 is 1.95. The molecule has 0 aromatic carbocycles. The van der Waals surface area contributed by atoms with Crippen LogP contribution in [0.2, 0.25) is 0 Å². The van der Waals surface area contributed by atoms with E-state index in [9.17, 15) is 4.79 Å². The fourth-order valence-corrected chi connectivity index (χ4v) is 3.75. The fraction of sp³-hybridized carbons (Fsp3) is 0.917. The lowest BCUT2D eigenvalue weighted by Crippen LogP contribution is -2.48. The van der Waals surface area contributed by atoms with Crippen LogP contribution in [0.1, 0.15) is 32.1 Å². The maximum absolute atomic E-state index is 11.8. The Morgan fingerprint density at radius 2 is 2.06 bits per heavy atom. The normalized spacial score (nSPS) is 35.8. The van der Waals surface area contributed by atoms with Gasteiger partial charge in [-0.05, 0) is 25.5 Å². The van der Waals surface area contributed by atoms with E-state index in [-0.39, 0.29) is 11.9 Å². The minimum Gasteiger partial charge on any atom is -0.344 e. The molecule has 4 heteroatoms. The first-order valence-corrected chi connectivity index (χ1v) is 7.55. The summed E-state index contributed by atoms with van der Waals surface area (Å²) in [6.07, 6.45) is 8.36. The third-order valence-electron chi connectivity index (χ3n) is 3.85. The van der Waals surface area contributed by atoms with Gasteiger partial charge < -0.3 is 10.2 Å². The van der Waals surface area contributed by atoms with Gasteiger partial charge in [-0.1, -0.05) is 12.8 Å². The van der Waals surface area contributed by atoms with Crippen molar-refractivity contribution in [1.82, 2.24) is 10.2 Å². The van der Waals surface area contributed by atoms with Crippen molar-refractivity contribution in [3.8, 4) is 0 Å². The highest BCUT2D eigenvalue weighted by atomic mass is 32.2. The number of likely N-dealkylation sites (N-methyl/N-ethyl adjacent to an activating group) is 1. The van der Waals surface area contributed by atoms with Gasteiger partial charge in [-0.25, -0.2) is 0 Å². The number of rotatable bonds is 3. The number of hydrogen-bond acceptors (Lipinski definition) is 3. The molecular weight excluding hydrogens is 220 g/mol. The van der Waals surface area contributed by atoms with Crippen LogP contribution in [0.25, 0.3) is 0 Å². The molecule has 0 radical (unpaired) electrons. The van der Waals surface area contributed by atoms with Crippen molar-refractivity contribution < 1.29 is 4.79 Å². The molecule has 0 spiro atoms. The van der Waals surface area contributed by atoms with Crippen molar-refractivity contribution in [2.24, 2.45) is 0 Å². The summed E-state index contributed by atoms with van der Waals surface area (Å²) < 4.78 is 0. The first-order valence-electron chi connectivity index (χ1n) is 6.26. The third kappa shape index (κ3) is 2.54. The van der Waals surface area contributed by atoms with Crippen molar-refractivity contribution in [3.63, 3.8) is 0 Å². The van der Waals surface area contributed by atoms with Gasteiger partial charge in [0.25, 0.3) is 0 Å². The van der Waals surface area contributed by atoms with E-state index in [1.165, 1.54) is 25.7 Å². The number of carbonyl (C=O) groups excluding carboxylic acids is 1. The Hall–Kier alpha value is -0.220. The molecule has 2 fully saturated rings. The molecule has 1 saturated heterocycles. The molecule has 1 aliphatic heterocycles. The van der Waals surface area contributed by atoms with Crippen molar-refractivity contribution in [1.29, 1.82) is 0 Å². The molecule has 92 valence electrons. The molecule has 1 aliphatic carbocycles. The zero-order chi connectivity index (χ0) is 11.5. The summed E-state index contributed by atoms with van der Waals surface area (Å²) in [6.45, 7) is 0.910. The second kappa shape index (κ2) is 5.41. The van der Waals surface area contributed by atoms with Gasteiger partial charge in [0.2, 0.25) is 5.91 Å². The first-order chi connectivity index (χ1) is 7.72. The van der Waals surface area contributed by atoms with Gasteiger partial charge in [0.15, 0.2) is 0 Å². The molecule has 0 aromatic rings. The van der Waals surface area contributed by atoms with Crippen LogP contribution < -0.4 is 5.32 Å². The van der Waals surface area contributed by atoms with E-state index >= 15 is 0 Å². The Bertz CT molecular complexity index is 259. The highest BCUT2D eigenvalue weighted by molar-refractivity contribution is 7.99. The van der Waals surface area contributed by atoms with E-state index in [1.54, 1.807) is 0 Å². The largest absolute Gasteiger partial charge is 0.344 e. The molecule has 0 bridgehead atoms. The van der Waals surface area contributed by atoms with Crippen LogP contribution >= 0.6 is 11.8 Å². The van der Waals surface area contributed by atoms with Crippen LogP contribution in [-0.2, 0) is 4.79 Å². The van der Waals surface area contributed by atoms with E-state index in [4.69, 9.17) is 0 Å². The van der Waals surface area contributed by atoms with Crippen LogP contribution in [-0.4, -0.2) is 48.0 Å². The summed E-state index contributed by atoms with van der Waals surface area (Å²) in [5, 5.41) is 4.29. The van der Waals surface area contributed by atoms with Gasteiger partial charge in [0, 0.05) is 24.9 Å². The Labute approximate surface area is 102 Å². The van der Waals surface area contributed by atoms with Gasteiger partial charge in [-0.2, -0.15) is 11.8 Å². The standard InChI is InChI=1S/C12H22N2OS/c1-14-8-7-10(12(14)15)13-9-5-3-4-6-11(9)16-2/h9-11,13H,3-8H2,1-2H3. The van der Waals surface area contributed by atoms with Crippen LogP contribution in [0.5, 0.6) is 0 Å². The SMILES string of the molecule is CSC1CCCCC1NC1CCN(C)C1=O. The van der Waals surface area contributed by atoms with E-state index in [1.807, 2.05) is 23.7 Å². The van der Waals surface area contributed by atoms with Crippen molar-refractivity contribution in [2.45, 2.75) is 49.4 Å². The summed E-state index contributed by atoms with van der Waals surface area (Å²) in [5.41, 5.74) is 0. The summed E-state index contributed by atoms with van der Waals surface area (Å²) in [5.74, 6) is 0.283.